The number of aromatic amines is 1. The van der Waals surface area contributed by atoms with Crippen molar-refractivity contribution >= 4 is 29.4 Å². The molecule has 1 aliphatic heterocycles. The molecule has 2 fully saturated rings. The molecule has 0 radical (unpaired) electrons. The zero-order valence-electron chi connectivity index (χ0n) is 15.0. The Morgan fingerprint density at radius 2 is 2.00 bits per heavy atom. The molecule has 2 aliphatic carbocycles. The molecule has 0 bridgehead atoms. The van der Waals surface area contributed by atoms with E-state index >= 15 is 0 Å². The number of nitrogens with zero attached hydrogens (tertiary/aromatic N) is 2. The second kappa shape index (κ2) is 8.22. The van der Waals surface area contributed by atoms with Gasteiger partial charge in [0, 0.05) is 18.5 Å². The highest BCUT2D eigenvalue weighted by molar-refractivity contribution is 7.99. The Bertz CT molecular complexity index is 903. The van der Waals surface area contributed by atoms with Crippen molar-refractivity contribution in [3.05, 3.63) is 26.7 Å². The molecule has 3 aliphatic rings. The third-order valence-corrected chi connectivity index (χ3v) is 6.67. The molecule has 1 N–H and O–H groups in total. The number of thioether (sulfide) groups is 1. The zero-order chi connectivity index (χ0) is 18.8. The average Bonchev–Trinajstić information content (AvgIpc) is 3.18. The smallest absolute Gasteiger partial charge is 0.261 e. The van der Waals surface area contributed by atoms with Gasteiger partial charge < -0.3 is 9.72 Å². The number of fused-ring (bicyclic) bond motifs is 1. The van der Waals surface area contributed by atoms with Gasteiger partial charge >= 0.3 is 0 Å². The molecule has 1 aromatic heterocycles. The van der Waals surface area contributed by atoms with Crippen LogP contribution in [0.2, 0.25) is 0 Å². The minimum absolute atomic E-state index is 0.0365. The van der Waals surface area contributed by atoms with Crippen molar-refractivity contribution in [3.63, 3.8) is 0 Å². The van der Waals surface area contributed by atoms with Crippen LogP contribution >= 0.6 is 11.8 Å². The van der Waals surface area contributed by atoms with Crippen LogP contribution in [-0.2, 0) is 10.5 Å². The van der Waals surface area contributed by atoms with E-state index in [0.29, 0.717) is 16.8 Å². The van der Waals surface area contributed by atoms with Crippen LogP contribution in [0.25, 0.3) is 11.9 Å². The summed E-state index contributed by atoms with van der Waals surface area (Å²) in [5.74, 6) is -0.0741. The van der Waals surface area contributed by atoms with Crippen LogP contribution in [0.15, 0.2) is 9.79 Å². The Labute approximate surface area is 160 Å². The third kappa shape index (κ3) is 4.16. The summed E-state index contributed by atoms with van der Waals surface area (Å²) in [7, 11) is 0. The predicted molar refractivity (Wildman–Crippen MR) is 103 cm³/mol. The van der Waals surface area contributed by atoms with E-state index in [-0.39, 0.29) is 22.3 Å². The summed E-state index contributed by atoms with van der Waals surface area (Å²) in [6.07, 6.45) is 5.32. The molecule has 1 unspecified atom stereocenters. The molecule has 1 saturated carbocycles. The Kier molecular flexibility index (Phi) is 5.73. The van der Waals surface area contributed by atoms with Gasteiger partial charge in [-0.05, 0) is 31.8 Å². The summed E-state index contributed by atoms with van der Waals surface area (Å²) in [5.41, 5.74) is -0.577. The van der Waals surface area contributed by atoms with Gasteiger partial charge in [0.25, 0.3) is 5.56 Å². The molecule has 5 nitrogen and oxygen atoms in total. The van der Waals surface area contributed by atoms with E-state index in [1.165, 1.54) is 6.08 Å². The van der Waals surface area contributed by atoms with Crippen molar-refractivity contribution in [3.8, 4) is 0 Å². The molecular formula is C19H23F2N3O2S. The van der Waals surface area contributed by atoms with Crippen LogP contribution < -0.4 is 16.1 Å². The van der Waals surface area contributed by atoms with Gasteiger partial charge in [0.05, 0.1) is 22.9 Å². The molecule has 4 rings (SSSR count). The molecule has 1 saturated heterocycles. The quantitative estimate of drug-likeness (QED) is 0.844. The van der Waals surface area contributed by atoms with Gasteiger partial charge in [-0.1, -0.05) is 12.8 Å². The number of H-pyrrole nitrogens is 1. The number of alkyl halides is 1. The van der Waals surface area contributed by atoms with Gasteiger partial charge in [-0.2, -0.15) is 11.8 Å². The molecule has 1 aromatic rings. The lowest BCUT2D eigenvalue weighted by atomic mass is 10.1. The normalized spacial score (nSPS) is 25.6. The first-order valence-corrected chi connectivity index (χ1v) is 10.6. The Hall–Kier alpha value is -1.54. The van der Waals surface area contributed by atoms with Crippen molar-refractivity contribution in [2.24, 2.45) is 4.99 Å². The van der Waals surface area contributed by atoms with E-state index in [1.807, 2.05) is 0 Å². The van der Waals surface area contributed by atoms with E-state index in [1.54, 1.807) is 11.8 Å². The largest absolute Gasteiger partial charge is 0.381 e. The lowest BCUT2D eigenvalue weighted by Gasteiger charge is -2.21. The van der Waals surface area contributed by atoms with Crippen LogP contribution in [0, 0.1) is 0 Å². The molecule has 1 atom stereocenters. The molecule has 27 heavy (non-hydrogen) atoms. The fraction of sp³-hybridized carbons (Fsp3) is 0.632. The highest BCUT2D eigenvalue weighted by Crippen LogP contribution is 2.25. The number of aliphatic imine (C=N–C) groups is 1. The maximum absolute atomic E-state index is 14.5. The Morgan fingerprint density at radius 3 is 2.74 bits per heavy atom. The monoisotopic (exact) mass is 395 g/mol. The van der Waals surface area contributed by atoms with Gasteiger partial charge in [0.15, 0.2) is 12.0 Å². The number of nitrogens with one attached hydrogen (secondary N) is 1. The van der Waals surface area contributed by atoms with Crippen LogP contribution in [0.5, 0.6) is 0 Å². The fourth-order valence-electron chi connectivity index (χ4n) is 3.80. The van der Waals surface area contributed by atoms with Gasteiger partial charge in [-0.25, -0.2) is 13.8 Å². The van der Waals surface area contributed by atoms with Crippen molar-refractivity contribution in [1.82, 2.24) is 9.97 Å². The number of rotatable bonds is 4. The Balaban J connectivity index is 1.63. The van der Waals surface area contributed by atoms with E-state index in [2.05, 4.69) is 15.0 Å². The first-order valence-electron chi connectivity index (χ1n) is 9.53. The summed E-state index contributed by atoms with van der Waals surface area (Å²) in [5, 5.41) is 0.347. The van der Waals surface area contributed by atoms with Crippen molar-refractivity contribution in [2.45, 2.75) is 61.7 Å². The van der Waals surface area contributed by atoms with Crippen LogP contribution in [-0.4, -0.2) is 46.4 Å². The first-order chi connectivity index (χ1) is 13.1. The second-order valence-corrected chi connectivity index (χ2v) is 8.53. The van der Waals surface area contributed by atoms with Crippen LogP contribution in [0.1, 0.15) is 44.3 Å². The van der Waals surface area contributed by atoms with Gasteiger partial charge in [0.1, 0.15) is 11.0 Å². The minimum atomic E-state index is -1.98. The van der Waals surface area contributed by atoms with Crippen molar-refractivity contribution < 1.29 is 13.5 Å². The summed E-state index contributed by atoms with van der Waals surface area (Å²) in [6, 6.07) is 0.0365. The molecule has 0 aromatic carbocycles. The SMILES string of the molecule is O=c1[nH]c(CSC2CCOCC2)nc2c1=C(F)C(F)C(=NC1CCCC1)C=2. The Morgan fingerprint density at radius 1 is 1.26 bits per heavy atom. The third-order valence-electron chi connectivity index (χ3n) is 5.28. The number of hydrogen-bond acceptors (Lipinski definition) is 5. The van der Waals surface area contributed by atoms with E-state index in [9.17, 15) is 13.6 Å². The fourth-order valence-corrected chi connectivity index (χ4v) is 4.85. The molecule has 146 valence electrons. The van der Waals surface area contributed by atoms with Crippen molar-refractivity contribution in [1.29, 1.82) is 0 Å². The maximum Gasteiger partial charge on any atom is 0.261 e. The summed E-state index contributed by atoms with van der Waals surface area (Å²) < 4.78 is 34.3. The number of ether oxygens (including phenoxy) is 1. The predicted octanol–water partition coefficient (Wildman–Crippen LogP) is 1.78. The van der Waals surface area contributed by atoms with Crippen molar-refractivity contribution in [2.75, 3.05) is 13.2 Å². The molecular weight excluding hydrogens is 372 g/mol. The maximum atomic E-state index is 14.5. The first kappa shape index (κ1) is 18.8. The molecule has 0 spiro atoms. The number of hydrogen-bond donors (Lipinski definition) is 1. The molecule has 8 heteroatoms. The molecule has 0 amide bonds. The summed E-state index contributed by atoms with van der Waals surface area (Å²) in [6.45, 7) is 1.50. The van der Waals surface area contributed by atoms with Gasteiger partial charge in [-0.15, -0.1) is 0 Å². The summed E-state index contributed by atoms with van der Waals surface area (Å²) in [4.78, 5) is 23.7. The van der Waals surface area contributed by atoms with E-state index < -0.39 is 17.6 Å². The zero-order valence-corrected chi connectivity index (χ0v) is 15.9. The number of aromatic nitrogens is 2. The lowest BCUT2D eigenvalue weighted by molar-refractivity contribution is 0.1000. The molecule has 2 heterocycles. The topological polar surface area (TPSA) is 67.3 Å². The van der Waals surface area contributed by atoms with Crippen LogP contribution in [0.3, 0.4) is 0 Å². The average molecular weight is 395 g/mol. The number of halogens is 2. The highest BCUT2D eigenvalue weighted by Gasteiger charge is 2.27. The van der Waals surface area contributed by atoms with E-state index in [4.69, 9.17) is 4.74 Å². The standard InChI is InChI=1S/C19H23F2N3O2S/c20-17-14(22-11-3-1-2-4-11)9-13-16(18(17)21)19(25)24-15(23-13)10-27-12-5-7-26-8-6-12/h9,11-12,17H,1-8,10H2,(H,23,24,25). The van der Waals surface area contributed by atoms with Gasteiger partial charge in [0.2, 0.25) is 0 Å². The minimum Gasteiger partial charge on any atom is -0.381 e. The highest BCUT2D eigenvalue weighted by atomic mass is 32.2. The summed E-state index contributed by atoms with van der Waals surface area (Å²) >= 11 is 1.71. The van der Waals surface area contributed by atoms with E-state index in [0.717, 1.165) is 51.7 Å². The second-order valence-electron chi connectivity index (χ2n) is 7.24. The lowest BCUT2D eigenvalue weighted by Crippen LogP contribution is -2.50. The van der Waals surface area contributed by atoms with Gasteiger partial charge in [-0.3, -0.25) is 9.79 Å². The van der Waals surface area contributed by atoms with Crippen LogP contribution in [0.4, 0.5) is 8.78 Å².